The van der Waals surface area contributed by atoms with Crippen molar-refractivity contribution in [3.63, 3.8) is 0 Å². The van der Waals surface area contributed by atoms with Crippen LogP contribution in [0.25, 0.3) is 44.1 Å². The number of hydrogen-bond acceptors (Lipinski definition) is 6. The van der Waals surface area contributed by atoms with Crippen LogP contribution in [0.15, 0.2) is 180 Å². The van der Waals surface area contributed by atoms with Crippen LogP contribution in [-0.2, 0) is 39.3 Å². The van der Waals surface area contributed by atoms with E-state index in [-0.39, 0.29) is 11.1 Å². The maximum Gasteiger partial charge on any atom is 0.251 e. The molecule has 0 aliphatic heterocycles. The van der Waals surface area contributed by atoms with E-state index in [4.69, 9.17) is 52.1 Å². The molecule has 68 heavy (non-hydrogen) atoms. The lowest BCUT2D eigenvalue weighted by atomic mass is 9.81. The standard InChI is InChI=1S/C27H22Cl2N4O.C27H21Cl2N3O2/c1-32-13-12-31-26(32)27(30,18-6-9-20(28)10-7-18)19-8-11-24-23(15-19)22(16-25(34)33(24)2)17-4-3-5-21(29)14-17;1-31-13-12-30-26(31)27(34,18-6-9-20(28)10-7-18)19-8-11-24-23(15-19)22(16-25(33)32(24)2)17-4-3-5-21(29)14-17/h3-16H,30H2,1-2H3;3-16,34H,1-2H3. The highest BCUT2D eigenvalue weighted by Crippen LogP contribution is 2.40. The summed E-state index contributed by atoms with van der Waals surface area (Å²) in [5, 5.41) is 16.3. The van der Waals surface area contributed by atoms with Gasteiger partial charge in [-0.05, 0) is 117 Å². The molecule has 340 valence electrons. The molecule has 0 radical (unpaired) electrons. The van der Waals surface area contributed by atoms with Crippen LogP contribution in [0.3, 0.4) is 0 Å². The Hall–Kier alpha value is -6.76. The number of pyridine rings is 2. The summed E-state index contributed by atoms with van der Waals surface area (Å²) < 4.78 is 6.93. The van der Waals surface area contributed by atoms with E-state index in [9.17, 15) is 14.7 Å². The minimum absolute atomic E-state index is 0.101. The van der Waals surface area contributed by atoms with Gasteiger partial charge in [0.2, 0.25) is 0 Å². The number of nitrogens with zero attached hydrogens (tertiary/aromatic N) is 6. The molecule has 0 fully saturated rings. The second-order valence-corrected chi connectivity index (χ2v) is 18.4. The molecule has 4 heterocycles. The minimum Gasteiger partial charge on any atom is -0.373 e. The van der Waals surface area contributed by atoms with Crippen molar-refractivity contribution in [3.8, 4) is 22.3 Å². The molecule has 3 N–H and O–H groups in total. The van der Waals surface area contributed by atoms with Crippen molar-refractivity contribution in [3.05, 3.63) is 245 Å². The van der Waals surface area contributed by atoms with Crippen LogP contribution in [0, 0.1) is 0 Å². The smallest absolute Gasteiger partial charge is 0.251 e. The quantitative estimate of drug-likeness (QED) is 0.156. The van der Waals surface area contributed by atoms with E-state index in [0.29, 0.717) is 42.9 Å². The molecular weight excluding hydrogens is 936 g/mol. The first-order valence-corrected chi connectivity index (χ1v) is 22.9. The number of benzene rings is 6. The first kappa shape index (κ1) is 46.4. The summed E-state index contributed by atoms with van der Waals surface area (Å²) in [6.45, 7) is 0. The fourth-order valence-corrected chi connectivity index (χ4v) is 9.53. The predicted molar refractivity (Wildman–Crippen MR) is 275 cm³/mol. The van der Waals surface area contributed by atoms with Gasteiger partial charge in [-0.25, -0.2) is 9.97 Å². The summed E-state index contributed by atoms with van der Waals surface area (Å²) in [6.07, 6.45) is 7.04. The van der Waals surface area contributed by atoms with Crippen molar-refractivity contribution in [2.45, 2.75) is 11.1 Å². The normalized spacial score (nSPS) is 13.2. The lowest BCUT2D eigenvalue weighted by Crippen LogP contribution is -2.41. The van der Waals surface area contributed by atoms with Gasteiger partial charge in [-0.3, -0.25) is 9.59 Å². The van der Waals surface area contributed by atoms with Crippen molar-refractivity contribution in [1.82, 2.24) is 28.2 Å². The van der Waals surface area contributed by atoms with Gasteiger partial charge >= 0.3 is 0 Å². The monoisotopic (exact) mass is 977 g/mol. The van der Waals surface area contributed by atoms with Crippen molar-refractivity contribution in [1.29, 1.82) is 0 Å². The summed E-state index contributed by atoms with van der Waals surface area (Å²) in [6, 6.07) is 44.2. The summed E-state index contributed by atoms with van der Waals surface area (Å²) >= 11 is 24.8. The van der Waals surface area contributed by atoms with E-state index in [2.05, 4.69) is 9.97 Å². The van der Waals surface area contributed by atoms with Gasteiger partial charge in [0.05, 0.1) is 11.0 Å². The molecule has 2 unspecified atom stereocenters. The molecule has 0 bridgehead atoms. The summed E-state index contributed by atoms with van der Waals surface area (Å²) in [5.41, 5.74) is 12.0. The molecule has 10 rings (SSSR count). The zero-order valence-corrected chi connectivity index (χ0v) is 40.2. The number of halogens is 4. The van der Waals surface area contributed by atoms with Crippen molar-refractivity contribution in [2.24, 2.45) is 33.9 Å². The second-order valence-electron chi connectivity index (χ2n) is 16.7. The van der Waals surface area contributed by atoms with Crippen LogP contribution in [0.1, 0.15) is 33.9 Å². The average molecular weight is 980 g/mol. The lowest BCUT2D eigenvalue weighted by molar-refractivity contribution is 0.112. The molecule has 2 atom stereocenters. The molecule has 0 saturated heterocycles. The molecule has 10 nitrogen and oxygen atoms in total. The number of hydrogen-bond donors (Lipinski definition) is 2. The van der Waals surface area contributed by atoms with Crippen LogP contribution >= 0.6 is 46.4 Å². The fraction of sp³-hybridized carbons (Fsp3) is 0.111. The average Bonchev–Trinajstić information content (AvgIpc) is 3.99. The minimum atomic E-state index is -1.56. The van der Waals surface area contributed by atoms with Crippen LogP contribution in [0.5, 0.6) is 0 Å². The molecule has 14 heteroatoms. The maximum atomic E-state index is 12.8. The maximum absolute atomic E-state index is 12.8. The van der Waals surface area contributed by atoms with Gasteiger partial charge in [-0.1, -0.05) is 107 Å². The van der Waals surface area contributed by atoms with Crippen LogP contribution in [-0.4, -0.2) is 33.3 Å². The van der Waals surface area contributed by atoms with E-state index < -0.39 is 11.1 Å². The van der Waals surface area contributed by atoms with Gasteiger partial charge in [0.25, 0.3) is 11.1 Å². The van der Waals surface area contributed by atoms with E-state index in [0.717, 1.165) is 55.2 Å². The molecular formula is C54H43Cl4N7O3. The van der Waals surface area contributed by atoms with Crippen LogP contribution in [0.4, 0.5) is 0 Å². The first-order valence-electron chi connectivity index (χ1n) is 21.4. The molecule has 10 aromatic rings. The van der Waals surface area contributed by atoms with E-state index in [1.807, 2.05) is 128 Å². The number of aliphatic hydroxyl groups is 1. The third-order valence-corrected chi connectivity index (χ3v) is 13.5. The molecule has 0 aliphatic carbocycles. The Labute approximate surface area is 411 Å². The summed E-state index contributed by atoms with van der Waals surface area (Å²) in [7, 11) is 7.25. The molecule has 0 aliphatic rings. The van der Waals surface area contributed by atoms with Gasteiger partial charge in [-0.2, -0.15) is 0 Å². The second kappa shape index (κ2) is 18.4. The third-order valence-electron chi connectivity index (χ3n) is 12.5. The summed E-state index contributed by atoms with van der Waals surface area (Å²) in [4.78, 5) is 34.6. The fourth-order valence-electron chi connectivity index (χ4n) is 8.90. The number of nitrogens with two attached hydrogens (primary N) is 1. The van der Waals surface area contributed by atoms with Crippen LogP contribution < -0.4 is 16.9 Å². The number of rotatable bonds is 8. The highest BCUT2D eigenvalue weighted by Gasteiger charge is 2.39. The first-order chi connectivity index (χ1) is 32.6. The Morgan fingerprint density at radius 2 is 0.912 bits per heavy atom. The Balaban J connectivity index is 0.000000170. The van der Waals surface area contributed by atoms with Crippen LogP contribution in [0.2, 0.25) is 20.1 Å². The Morgan fingerprint density at radius 3 is 1.37 bits per heavy atom. The van der Waals surface area contributed by atoms with E-state index in [1.165, 1.54) is 0 Å². The number of aryl methyl sites for hydroxylation is 4. The molecule has 4 aromatic heterocycles. The Bertz CT molecular complexity index is 3420. The molecule has 6 aromatic carbocycles. The molecule has 0 spiro atoms. The highest BCUT2D eigenvalue weighted by molar-refractivity contribution is 6.31. The van der Waals surface area contributed by atoms with E-state index in [1.54, 1.807) is 88.9 Å². The highest BCUT2D eigenvalue weighted by atomic mass is 35.5. The number of imidazole rings is 2. The van der Waals surface area contributed by atoms with Gasteiger partial charge in [-0.15, -0.1) is 0 Å². The lowest BCUT2D eigenvalue weighted by Gasteiger charge is -2.31. The number of fused-ring (bicyclic) bond motifs is 2. The van der Waals surface area contributed by atoms with Crippen molar-refractivity contribution >= 4 is 68.2 Å². The Kier molecular flexibility index (Phi) is 12.5. The molecule has 0 saturated carbocycles. The number of aromatic nitrogens is 6. The SMILES string of the molecule is Cn1ccnc1C(N)(c1ccc(Cl)cc1)c1ccc2c(c1)c(-c1cccc(Cl)c1)cc(=O)n2C.Cn1ccnc1C(O)(c1ccc(Cl)cc1)c1ccc2c(c1)c(-c1cccc(Cl)c1)cc(=O)n2C. The Morgan fingerprint density at radius 1 is 0.485 bits per heavy atom. The van der Waals surface area contributed by atoms with E-state index >= 15 is 0 Å². The van der Waals surface area contributed by atoms with Gasteiger partial charge in [0, 0.05) is 96.0 Å². The zero-order chi connectivity index (χ0) is 48.1. The van der Waals surface area contributed by atoms with Gasteiger partial charge < -0.3 is 29.1 Å². The predicted octanol–water partition coefficient (Wildman–Crippen LogP) is 11.0. The van der Waals surface area contributed by atoms with Crippen molar-refractivity contribution < 1.29 is 5.11 Å². The molecule has 0 amide bonds. The van der Waals surface area contributed by atoms with Gasteiger partial charge in [0.1, 0.15) is 17.2 Å². The largest absolute Gasteiger partial charge is 0.373 e. The topological polar surface area (TPSA) is 126 Å². The van der Waals surface area contributed by atoms with Crippen molar-refractivity contribution in [2.75, 3.05) is 0 Å². The van der Waals surface area contributed by atoms with Gasteiger partial charge in [0.15, 0.2) is 5.60 Å². The third kappa shape index (κ3) is 8.34. The summed E-state index contributed by atoms with van der Waals surface area (Å²) in [5.74, 6) is 1.14. The zero-order valence-electron chi connectivity index (χ0n) is 37.2.